The van der Waals surface area contributed by atoms with Crippen LogP contribution in [0.4, 0.5) is 5.69 Å². The Hall–Kier alpha value is -1.91. The molecular weight excluding hydrogens is 184 g/mol. The first-order chi connectivity index (χ1) is 6.61. The monoisotopic (exact) mass is 192 g/mol. The number of nitro benzene ring substituents is 1. The quantitative estimate of drug-likeness (QED) is 0.513. The van der Waals surface area contributed by atoms with Crippen molar-refractivity contribution in [2.75, 3.05) is 0 Å². The first kappa shape index (κ1) is 8.68. The van der Waals surface area contributed by atoms with Crippen LogP contribution in [0.3, 0.4) is 0 Å². The van der Waals surface area contributed by atoms with Gasteiger partial charge in [-0.25, -0.2) is 0 Å². The fourth-order valence-electron chi connectivity index (χ4n) is 1.49. The van der Waals surface area contributed by atoms with E-state index in [0.717, 1.165) is 10.9 Å². The first-order valence-corrected chi connectivity index (χ1v) is 4.10. The molecule has 0 spiro atoms. The van der Waals surface area contributed by atoms with Crippen molar-refractivity contribution < 1.29 is 9.45 Å². The van der Waals surface area contributed by atoms with Crippen LogP contribution in [-0.4, -0.2) is 10.1 Å². The zero-order chi connectivity index (χ0) is 10.3. The molecule has 0 saturated carbocycles. The average molecular weight is 192 g/mol. The molecule has 5 heteroatoms. The number of hydrogen-bond donors (Lipinski definition) is 0. The van der Waals surface area contributed by atoms with Gasteiger partial charge in [0.15, 0.2) is 0 Å². The first-order valence-electron chi connectivity index (χ1n) is 4.10. The second kappa shape index (κ2) is 2.80. The Kier molecular flexibility index (Phi) is 1.73. The summed E-state index contributed by atoms with van der Waals surface area (Å²) in [4.78, 5) is 10.3. The Bertz CT molecular complexity index is 516. The lowest BCUT2D eigenvalue weighted by molar-refractivity contribution is -0.385. The predicted octanol–water partition coefficient (Wildman–Crippen LogP) is 2.35. The van der Waals surface area contributed by atoms with E-state index in [1.165, 1.54) is 12.3 Å². The third-order valence-electron chi connectivity index (χ3n) is 2.28. The molecule has 0 aliphatic rings. The summed E-state index contributed by atoms with van der Waals surface area (Å²) < 4.78 is 4.79. The van der Waals surface area contributed by atoms with Crippen LogP contribution in [0.15, 0.2) is 16.9 Å². The third kappa shape index (κ3) is 1.06. The van der Waals surface area contributed by atoms with E-state index >= 15 is 0 Å². The summed E-state index contributed by atoms with van der Waals surface area (Å²) in [5.41, 5.74) is 2.00. The van der Waals surface area contributed by atoms with Gasteiger partial charge in [-0.2, -0.15) is 0 Å². The van der Waals surface area contributed by atoms with E-state index < -0.39 is 4.92 Å². The molecule has 0 fully saturated rings. The lowest BCUT2D eigenvalue weighted by Gasteiger charge is -1.99. The van der Waals surface area contributed by atoms with Gasteiger partial charge in [-0.1, -0.05) is 5.16 Å². The van der Waals surface area contributed by atoms with Crippen LogP contribution in [0.5, 0.6) is 0 Å². The molecule has 0 aliphatic heterocycles. The van der Waals surface area contributed by atoms with E-state index in [9.17, 15) is 10.1 Å². The molecule has 5 nitrogen and oxygen atoms in total. The molecule has 72 valence electrons. The number of benzene rings is 1. The number of fused-ring (bicyclic) bond motifs is 1. The van der Waals surface area contributed by atoms with Crippen molar-refractivity contribution in [2.24, 2.45) is 0 Å². The SMILES string of the molecule is Cc1cc([N+](=O)[O-])c(C)c2nocc12. The molecule has 0 unspecified atom stereocenters. The maximum Gasteiger partial charge on any atom is 0.274 e. The van der Waals surface area contributed by atoms with Gasteiger partial charge in [0.2, 0.25) is 0 Å². The van der Waals surface area contributed by atoms with Gasteiger partial charge in [-0.15, -0.1) is 0 Å². The molecule has 1 aromatic carbocycles. The van der Waals surface area contributed by atoms with E-state index in [0.29, 0.717) is 11.1 Å². The average Bonchev–Trinajstić information content (AvgIpc) is 2.59. The summed E-state index contributed by atoms with van der Waals surface area (Å²) in [5, 5.41) is 15.3. The van der Waals surface area contributed by atoms with E-state index in [4.69, 9.17) is 4.52 Å². The summed E-state index contributed by atoms with van der Waals surface area (Å²) in [6.45, 7) is 3.47. The molecule has 2 rings (SSSR count). The Labute approximate surface area is 79.5 Å². The van der Waals surface area contributed by atoms with Crippen LogP contribution in [0.25, 0.3) is 10.9 Å². The Morgan fingerprint density at radius 2 is 2.21 bits per heavy atom. The van der Waals surface area contributed by atoms with Crippen LogP contribution in [-0.2, 0) is 0 Å². The highest BCUT2D eigenvalue weighted by atomic mass is 16.6. The molecule has 14 heavy (non-hydrogen) atoms. The van der Waals surface area contributed by atoms with E-state index in [1.54, 1.807) is 13.8 Å². The number of aromatic nitrogens is 1. The molecule has 1 aromatic heterocycles. The van der Waals surface area contributed by atoms with Crippen molar-refractivity contribution in [3.63, 3.8) is 0 Å². The summed E-state index contributed by atoms with van der Waals surface area (Å²) in [6, 6.07) is 1.54. The fraction of sp³-hybridized carbons (Fsp3) is 0.222. The Balaban J connectivity index is 2.88. The van der Waals surface area contributed by atoms with E-state index in [1.807, 2.05) is 0 Å². The minimum atomic E-state index is -0.406. The summed E-state index contributed by atoms with van der Waals surface area (Å²) in [7, 11) is 0. The molecule has 0 radical (unpaired) electrons. The lowest BCUT2D eigenvalue weighted by atomic mass is 10.1. The molecule has 0 aliphatic carbocycles. The number of rotatable bonds is 1. The largest absolute Gasteiger partial charge is 0.363 e. The standard InChI is InChI=1S/C9H8N2O3/c1-5-3-8(11(12)13)6(2)9-7(5)4-14-10-9/h3-4H,1-2H3. The second-order valence-corrected chi connectivity index (χ2v) is 3.17. The van der Waals surface area contributed by atoms with Crippen molar-refractivity contribution in [2.45, 2.75) is 13.8 Å². The number of nitro groups is 1. The van der Waals surface area contributed by atoms with E-state index in [2.05, 4.69) is 5.16 Å². The van der Waals surface area contributed by atoms with Crippen LogP contribution < -0.4 is 0 Å². The molecule has 0 bridgehead atoms. The Morgan fingerprint density at radius 3 is 2.86 bits per heavy atom. The van der Waals surface area contributed by atoms with Crippen molar-refractivity contribution in [1.82, 2.24) is 5.16 Å². The minimum Gasteiger partial charge on any atom is -0.363 e. The number of aryl methyl sites for hydroxylation is 2. The molecular formula is C9H8N2O3. The molecule has 0 N–H and O–H groups in total. The molecule has 2 aromatic rings. The third-order valence-corrected chi connectivity index (χ3v) is 2.28. The van der Waals surface area contributed by atoms with Crippen molar-refractivity contribution in [3.05, 3.63) is 33.6 Å². The van der Waals surface area contributed by atoms with Crippen LogP contribution in [0, 0.1) is 24.0 Å². The van der Waals surface area contributed by atoms with Gasteiger partial charge >= 0.3 is 0 Å². The van der Waals surface area contributed by atoms with Gasteiger partial charge < -0.3 is 4.52 Å². The molecule has 0 amide bonds. The van der Waals surface area contributed by atoms with E-state index in [-0.39, 0.29) is 5.69 Å². The lowest BCUT2D eigenvalue weighted by Crippen LogP contribution is -1.93. The normalized spacial score (nSPS) is 10.7. The van der Waals surface area contributed by atoms with Gasteiger partial charge in [0.1, 0.15) is 11.8 Å². The minimum absolute atomic E-state index is 0.0869. The number of nitrogens with zero attached hydrogens (tertiary/aromatic N) is 2. The Morgan fingerprint density at radius 1 is 1.50 bits per heavy atom. The summed E-state index contributed by atoms with van der Waals surface area (Å²) >= 11 is 0. The zero-order valence-electron chi connectivity index (χ0n) is 7.77. The van der Waals surface area contributed by atoms with Gasteiger partial charge in [-0.3, -0.25) is 10.1 Å². The summed E-state index contributed by atoms with van der Waals surface area (Å²) in [6.07, 6.45) is 1.50. The van der Waals surface area contributed by atoms with Gasteiger partial charge in [0.05, 0.1) is 10.5 Å². The number of hydrogen-bond acceptors (Lipinski definition) is 4. The van der Waals surface area contributed by atoms with Gasteiger partial charge in [-0.05, 0) is 19.4 Å². The maximum absolute atomic E-state index is 10.7. The highest BCUT2D eigenvalue weighted by Gasteiger charge is 2.17. The van der Waals surface area contributed by atoms with Crippen LogP contribution in [0.2, 0.25) is 0 Å². The second-order valence-electron chi connectivity index (χ2n) is 3.17. The van der Waals surface area contributed by atoms with Gasteiger partial charge in [0.25, 0.3) is 5.69 Å². The predicted molar refractivity (Wildman–Crippen MR) is 50.1 cm³/mol. The topological polar surface area (TPSA) is 69.2 Å². The zero-order valence-corrected chi connectivity index (χ0v) is 7.77. The molecule has 0 saturated heterocycles. The molecule has 1 heterocycles. The van der Waals surface area contributed by atoms with Crippen molar-refractivity contribution in [1.29, 1.82) is 0 Å². The highest BCUT2D eigenvalue weighted by Crippen LogP contribution is 2.28. The fourth-order valence-corrected chi connectivity index (χ4v) is 1.49. The maximum atomic E-state index is 10.7. The van der Waals surface area contributed by atoms with Crippen molar-refractivity contribution >= 4 is 16.6 Å². The van der Waals surface area contributed by atoms with Crippen molar-refractivity contribution in [3.8, 4) is 0 Å². The summed E-state index contributed by atoms with van der Waals surface area (Å²) in [5.74, 6) is 0. The smallest absolute Gasteiger partial charge is 0.274 e. The highest BCUT2D eigenvalue weighted by molar-refractivity contribution is 5.87. The molecule has 0 atom stereocenters. The van der Waals surface area contributed by atoms with Gasteiger partial charge in [0, 0.05) is 11.5 Å². The van der Waals surface area contributed by atoms with Crippen LogP contribution in [0.1, 0.15) is 11.1 Å². The van der Waals surface area contributed by atoms with Crippen LogP contribution >= 0.6 is 0 Å².